The van der Waals surface area contributed by atoms with Crippen LogP contribution in [-0.2, 0) is 5.75 Å². The lowest BCUT2D eigenvalue weighted by Crippen LogP contribution is -2.12. The average Bonchev–Trinajstić information content (AvgIpc) is 2.98. The lowest BCUT2D eigenvalue weighted by atomic mass is 10.3. The molecule has 5 nitrogen and oxygen atoms in total. The lowest BCUT2D eigenvalue weighted by molar-refractivity contribution is 0.0995. The first kappa shape index (κ1) is 14.6. The number of carbonyl (C=O) groups excluding carboxylic acids is 1. The SMILES string of the molecule is Cc1[nH]nc(NC(=O)c2ccc(CSC(F)F)o2)c1C. The van der Waals surface area contributed by atoms with Gasteiger partial charge in [-0.15, -0.1) is 0 Å². The summed E-state index contributed by atoms with van der Waals surface area (Å²) in [5, 5.41) is 9.29. The fourth-order valence-corrected chi connectivity index (χ4v) is 1.94. The number of furan rings is 1. The number of aryl methyl sites for hydroxylation is 1. The first-order valence-corrected chi connectivity index (χ1v) is 6.83. The number of aromatic amines is 1. The minimum atomic E-state index is -2.47. The monoisotopic (exact) mass is 301 g/mol. The molecule has 0 aliphatic carbocycles. The predicted octanol–water partition coefficient (Wildman–Crippen LogP) is 3.33. The molecule has 0 fully saturated rings. The molecule has 0 unspecified atom stereocenters. The van der Waals surface area contributed by atoms with Crippen molar-refractivity contribution < 1.29 is 18.0 Å². The highest BCUT2D eigenvalue weighted by molar-refractivity contribution is 7.98. The van der Waals surface area contributed by atoms with E-state index < -0.39 is 11.7 Å². The van der Waals surface area contributed by atoms with E-state index in [0.29, 0.717) is 23.3 Å². The van der Waals surface area contributed by atoms with Crippen molar-refractivity contribution in [3.63, 3.8) is 0 Å². The maximum atomic E-state index is 12.1. The van der Waals surface area contributed by atoms with Crippen molar-refractivity contribution in [2.75, 3.05) is 5.32 Å². The van der Waals surface area contributed by atoms with E-state index in [9.17, 15) is 13.6 Å². The Hall–Kier alpha value is -1.83. The number of alkyl halides is 2. The van der Waals surface area contributed by atoms with Gasteiger partial charge in [-0.05, 0) is 26.0 Å². The molecule has 0 saturated carbocycles. The third-order valence-corrected chi connectivity index (χ3v) is 3.43. The molecule has 8 heteroatoms. The van der Waals surface area contributed by atoms with Crippen molar-refractivity contribution in [3.05, 3.63) is 34.9 Å². The molecule has 2 aromatic rings. The average molecular weight is 301 g/mol. The Balaban J connectivity index is 2.01. The molecule has 2 N–H and O–H groups in total. The molecule has 2 aromatic heterocycles. The van der Waals surface area contributed by atoms with Crippen LogP contribution in [0.4, 0.5) is 14.6 Å². The molecule has 0 saturated heterocycles. The molecule has 20 heavy (non-hydrogen) atoms. The van der Waals surface area contributed by atoms with E-state index >= 15 is 0 Å². The first-order valence-electron chi connectivity index (χ1n) is 5.78. The van der Waals surface area contributed by atoms with Crippen LogP contribution in [0.15, 0.2) is 16.5 Å². The van der Waals surface area contributed by atoms with Crippen molar-refractivity contribution in [1.29, 1.82) is 0 Å². The van der Waals surface area contributed by atoms with Gasteiger partial charge in [-0.2, -0.15) is 13.9 Å². The predicted molar refractivity (Wildman–Crippen MR) is 72.0 cm³/mol. The van der Waals surface area contributed by atoms with Gasteiger partial charge in [0, 0.05) is 11.3 Å². The zero-order valence-electron chi connectivity index (χ0n) is 10.9. The lowest BCUT2D eigenvalue weighted by Gasteiger charge is -2.00. The summed E-state index contributed by atoms with van der Waals surface area (Å²) in [7, 11) is 0. The number of nitrogens with zero attached hydrogens (tertiary/aromatic N) is 1. The molecule has 2 rings (SSSR count). The Morgan fingerprint density at radius 3 is 2.85 bits per heavy atom. The van der Waals surface area contributed by atoms with Crippen LogP contribution < -0.4 is 5.32 Å². The third-order valence-electron chi connectivity index (χ3n) is 2.72. The van der Waals surface area contributed by atoms with Gasteiger partial charge in [0.1, 0.15) is 5.76 Å². The number of aromatic nitrogens is 2. The zero-order chi connectivity index (χ0) is 14.7. The molecule has 0 bridgehead atoms. The highest BCUT2D eigenvalue weighted by Gasteiger charge is 2.15. The van der Waals surface area contributed by atoms with Gasteiger partial charge < -0.3 is 9.73 Å². The molecule has 2 heterocycles. The Labute approximate surface area is 118 Å². The summed E-state index contributed by atoms with van der Waals surface area (Å²) in [6.07, 6.45) is 0. The van der Waals surface area contributed by atoms with Crippen LogP contribution >= 0.6 is 11.8 Å². The van der Waals surface area contributed by atoms with Crippen LogP contribution in [0, 0.1) is 13.8 Å². The smallest absolute Gasteiger partial charge is 0.292 e. The molecule has 0 aliphatic heterocycles. The van der Waals surface area contributed by atoms with Crippen LogP contribution in [0.5, 0.6) is 0 Å². The van der Waals surface area contributed by atoms with Crippen molar-refractivity contribution in [1.82, 2.24) is 10.2 Å². The minimum absolute atomic E-state index is 0.0193. The molecule has 108 valence electrons. The number of halogens is 2. The summed E-state index contributed by atoms with van der Waals surface area (Å²) < 4.78 is 29.3. The first-order chi connectivity index (χ1) is 9.47. The number of hydrogen-bond acceptors (Lipinski definition) is 4. The molecule has 0 spiro atoms. The summed E-state index contributed by atoms with van der Waals surface area (Å²) >= 11 is 0.443. The summed E-state index contributed by atoms with van der Waals surface area (Å²) in [5.74, 6) is -2.09. The van der Waals surface area contributed by atoms with Crippen LogP contribution in [0.25, 0.3) is 0 Å². The van der Waals surface area contributed by atoms with E-state index in [1.165, 1.54) is 12.1 Å². The number of thioether (sulfide) groups is 1. The maximum absolute atomic E-state index is 12.1. The number of rotatable bonds is 5. The number of H-pyrrole nitrogens is 1. The Kier molecular flexibility index (Phi) is 4.43. The molecule has 1 amide bonds. The van der Waals surface area contributed by atoms with E-state index in [1.54, 1.807) is 0 Å². The second kappa shape index (κ2) is 6.08. The zero-order valence-corrected chi connectivity index (χ0v) is 11.7. The van der Waals surface area contributed by atoms with Gasteiger partial charge in [0.2, 0.25) is 0 Å². The van der Waals surface area contributed by atoms with Gasteiger partial charge in [-0.25, -0.2) is 0 Å². The second-order valence-corrected chi connectivity index (χ2v) is 5.09. The van der Waals surface area contributed by atoms with Crippen LogP contribution in [0.2, 0.25) is 0 Å². The molecule has 0 aromatic carbocycles. The van der Waals surface area contributed by atoms with Gasteiger partial charge in [-0.3, -0.25) is 9.89 Å². The van der Waals surface area contributed by atoms with Crippen LogP contribution in [0.1, 0.15) is 27.6 Å². The highest BCUT2D eigenvalue weighted by Crippen LogP contribution is 2.22. The number of hydrogen-bond donors (Lipinski definition) is 2. The van der Waals surface area contributed by atoms with Gasteiger partial charge in [0.15, 0.2) is 11.6 Å². The largest absolute Gasteiger partial charge is 0.455 e. The van der Waals surface area contributed by atoms with Gasteiger partial charge >= 0.3 is 0 Å². The Morgan fingerprint density at radius 2 is 2.25 bits per heavy atom. The van der Waals surface area contributed by atoms with Crippen molar-refractivity contribution in [2.45, 2.75) is 25.4 Å². The van der Waals surface area contributed by atoms with Gasteiger partial charge in [0.05, 0.1) is 5.75 Å². The van der Waals surface area contributed by atoms with Crippen LogP contribution in [0.3, 0.4) is 0 Å². The molecule has 0 atom stereocenters. The number of carbonyl (C=O) groups is 1. The number of anilines is 1. The molecule has 0 aliphatic rings. The summed E-state index contributed by atoms with van der Waals surface area (Å²) in [6, 6.07) is 2.96. The van der Waals surface area contributed by atoms with E-state index in [4.69, 9.17) is 4.42 Å². The minimum Gasteiger partial charge on any atom is -0.455 e. The van der Waals surface area contributed by atoms with E-state index in [1.807, 2.05) is 13.8 Å². The quantitative estimate of drug-likeness (QED) is 0.888. The maximum Gasteiger partial charge on any atom is 0.292 e. The van der Waals surface area contributed by atoms with E-state index in [0.717, 1.165) is 11.3 Å². The summed E-state index contributed by atoms with van der Waals surface area (Å²) in [4.78, 5) is 11.9. The van der Waals surface area contributed by atoms with E-state index in [2.05, 4.69) is 15.5 Å². The van der Waals surface area contributed by atoms with Crippen molar-refractivity contribution in [2.24, 2.45) is 0 Å². The normalized spacial score (nSPS) is 11.1. The fourth-order valence-electron chi connectivity index (χ4n) is 1.50. The Morgan fingerprint density at radius 1 is 1.50 bits per heavy atom. The van der Waals surface area contributed by atoms with Gasteiger partial charge in [0.25, 0.3) is 11.7 Å². The number of amides is 1. The third kappa shape index (κ3) is 3.38. The van der Waals surface area contributed by atoms with Crippen molar-refractivity contribution >= 4 is 23.5 Å². The highest BCUT2D eigenvalue weighted by atomic mass is 32.2. The summed E-state index contributed by atoms with van der Waals surface area (Å²) in [5.41, 5.74) is 1.69. The van der Waals surface area contributed by atoms with Crippen molar-refractivity contribution in [3.8, 4) is 0 Å². The fraction of sp³-hybridized carbons (Fsp3) is 0.333. The molecular weight excluding hydrogens is 288 g/mol. The molecule has 0 radical (unpaired) electrons. The Bertz CT molecular complexity index is 610. The summed E-state index contributed by atoms with van der Waals surface area (Å²) in [6.45, 7) is 3.66. The second-order valence-electron chi connectivity index (χ2n) is 4.11. The van der Waals surface area contributed by atoms with Crippen LogP contribution in [-0.4, -0.2) is 21.9 Å². The van der Waals surface area contributed by atoms with Gasteiger partial charge in [-0.1, -0.05) is 11.8 Å². The molecular formula is C12H13F2N3O2S. The standard InChI is InChI=1S/C12H13F2N3O2S/c1-6-7(2)16-17-10(6)15-11(18)9-4-3-8(19-9)5-20-12(13)14/h3-4,12H,5H2,1-2H3,(H2,15,16,17,18). The van der Waals surface area contributed by atoms with E-state index in [-0.39, 0.29) is 11.5 Å². The number of nitrogens with one attached hydrogen (secondary N) is 2. The topological polar surface area (TPSA) is 70.9 Å².